The Morgan fingerprint density at radius 3 is 2.53 bits per heavy atom. The van der Waals surface area contributed by atoms with Crippen molar-refractivity contribution in [1.82, 2.24) is 4.98 Å². The summed E-state index contributed by atoms with van der Waals surface area (Å²) in [6.45, 7) is 0. The number of benzene rings is 1. The molecule has 0 radical (unpaired) electrons. The van der Waals surface area contributed by atoms with E-state index < -0.39 is 11.6 Å². The summed E-state index contributed by atoms with van der Waals surface area (Å²) in [4.78, 5) is 26.6. The van der Waals surface area contributed by atoms with Gasteiger partial charge >= 0.3 is 0 Å². The number of carbonyl (C=O) groups is 2. The molecule has 0 amide bonds. The Bertz CT molecular complexity index is 567. The first kappa shape index (κ1) is 11.1. The van der Waals surface area contributed by atoms with Gasteiger partial charge in [-0.05, 0) is 30.3 Å². The van der Waals surface area contributed by atoms with Crippen molar-refractivity contribution >= 4 is 12.1 Å². The van der Waals surface area contributed by atoms with Crippen LogP contribution >= 0.6 is 0 Å². The number of carbonyl (C=O) groups excluding carboxylic acids is 2. The minimum atomic E-state index is -0.548. The van der Waals surface area contributed by atoms with Gasteiger partial charge in [0, 0.05) is 29.1 Å². The Hall–Kier alpha value is -2.36. The van der Waals surface area contributed by atoms with Crippen LogP contribution in [-0.2, 0) is 0 Å². The molecule has 2 rings (SSSR count). The highest BCUT2D eigenvalue weighted by molar-refractivity contribution is 6.12. The summed E-state index contributed by atoms with van der Waals surface area (Å²) in [6.07, 6.45) is 3.47. The molecule has 0 aliphatic carbocycles. The first-order valence-electron chi connectivity index (χ1n) is 4.92. The van der Waals surface area contributed by atoms with Crippen molar-refractivity contribution in [3.05, 3.63) is 65.2 Å². The molecular formula is C13H8FNO2. The highest BCUT2D eigenvalue weighted by Gasteiger charge is 2.14. The van der Waals surface area contributed by atoms with Gasteiger partial charge in [0.1, 0.15) is 5.82 Å². The molecular weight excluding hydrogens is 221 g/mol. The molecule has 0 spiro atoms. The maximum Gasteiger partial charge on any atom is 0.193 e. The van der Waals surface area contributed by atoms with Crippen molar-refractivity contribution in [3.8, 4) is 0 Å². The van der Waals surface area contributed by atoms with E-state index in [1.807, 2.05) is 0 Å². The fourth-order valence-electron chi connectivity index (χ4n) is 1.49. The van der Waals surface area contributed by atoms with Crippen LogP contribution in [0.3, 0.4) is 0 Å². The summed E-state index contributed by atoms with van der Waals surface area (Å²) in [5.74, 6) is -0.943. The Morgan fingerprint density at radius 1 is 1.18 bits per heavy atom. The smallest absolute Gasteiger partial charge is 0.193 e. The third kappa shape index (κ3) is 2.25. The third-order valence-corrected chi connectivity index (χ3v) is 2.33. The van der Waals surface area contributed by atoms with E-state index in [0.717, 1.165) is 12.1 Å². The highest BCUT2D eigenvalue weighted by atomic mass is 19.1. The van der Waals surface area contributed by atoms with Crippen molar-refractivity contribution in [3.63, 3.8) is 0 Å². The lowest BCUT2D eigenvalue weighted by atomic mass is 9.99. The standard InChI is InChI=1S/C13H8FNO2/c14-11-2-1-10(8-16)12(7-11)13(17)9-3-5-15-6-4-9/h1-8H. The zero-order chi connectivity index (χ0) is 12.3. The summed E-state index contributed by atoms with van der Waals surface area (Å²) in [6, 6.07) is 6.53. The average Bonchev–Trinajstić information content (AvgIpc) is 2.39. The van der Waals surface area contributed by atoms with Crippen LogP contribution in [0.2, 0.25) is 0 Å². The summed E-state index contributed by atoms with van der Waals surface area (Å²) >= 11 is 0. The number of hydrogen-bond donors (Lipinski definition) is 0. The van der Waals surface area contributed by atoms with Gasteiger partial charge in [-0.15, -0.1) is 0 Å². The van der Waals surface area contributed by atoms with Crippen LogP contribution in [0.5, 0.6) is 0 Å². The number of hydrogen-bond acceptors (Lipinski definition) is 3. The Labute approximate surface area is 96.9 Å². The fourth-order valence-corrected chi connectivity index (χ4v) is 1.49. The quantitative estimate of drug-likeness (QED) is 0.599. The van der Waals surface area contributed by atoms with Gasteiger partial charge < -0.3 is 0 Å². The van der Waals surface area contributed by atoms with E-state index in [9.17, 15) is 14.0 Å². The molecule has 0 saturated heterocycles. The number of aromatic nitrogens is 1. The first-order chi connectivity index (χ1) is 8.22. The second-order valence-corrected chi connectivity index (χ2v) is 3.41. The number of rotatable bonds is 3. The summed E-state index contributed by atoms with van der Waals surface area (Å²) in [5.41, 5.74) is 0.605. The molecule has 0 N–H and O–H groups in total. The Balaban J connectivity index is 2.50. The van der Waals surface area contributed by atoms with Crippen molar-refractivity contribution in [2.45, 2.75) is 0 Å². The molecule has 1 aromatic heterocycles. The van der Waals surface area contributed by atoms with Gasteiger partial charge in [-0.1, -0.05) is 0 Å². The second kappa shape index (κ2) is 4.65. The molecule has 2 aromatic rings. The van der Waals surface area contributed by atoms with E-state index in [2.05, 4.69) is 4.98 Å². The second-order valence-electron chi connectivity index (χ2n) is 3.41. The number of aldehydes is 1. The summed E-state index contributed by atoms with van der Waals surface area (Å²) in [7, 11) is 0. The van der Waals surface area contributed by atoms with E-state index in [-0.39, 0.29) is 11.1 Å². The third-order valence-electron chi connectivity index (χ3n) is 2.33. The predicted molar refractivity (Wildman–Crippen MR) is 59.5 cm³/mol. The van der Waals surface area contributed by atoms with Gasteiger partial charge in [0.25, 0.3) is 0 Å². The van der Waals surface area contributed by atoms with Crippen LogP contribution in [0.25, 0.3) is 0 Å². The number of nitrogens with zero attached hydrogens (tertiary/aromatic N) is 1. The number of pyridine rings is 1. The molecule has 1 aromatic carbocycles. The van der Waals surface area contributed by atoms with Gasteiger partial charge in [-0.2, -0.15) is 0 Å². The minimum Gasteiger partial charge on any atom is -0.298 e. The summed E-state index contributed by atoms with van der Waals surface area (Å²) in [5, 5.41) is 0. The van der Waals surface area contributed by atoms with Crippen LogP contribution in [0, 0.1) is 5.82 Å². The topological polar surface area (TPSA) is 47.0 Å². The highest BCUT2D eigenvalue weighted by Crippen LogP contribution is 2.14. The minimum absolute atomic E-state index is 0.0613. The molecule has 84 valence electrons. The largest absolute Gasteiger partial charge is 0.298 e. The zero-order valence-electron chi connectivity index (χ0n) is 8.76. The van der Waals surface area contributed by atoms with Crippen LogP contribution in [0.4, 0.5) is 4.39 Å². The van der Waals surface area contributed by atoms with Gasteiger partial charge in [0.15, 0.2) is 12.1 Å². The van der Waals surface area contributed by atoms with Crippen molar-refractivity contribution in [2.75, 3.05) is 0 Å². The lowest BCUT2D eigenvalue weighted by molar-refractivity contribution is 0.102. The molecule has 0 unspecified atom stereocenters. The molecule has 1 heterocycles. The molecule has 0 bridgehead atoms. The number of ketones is 1. The molecule has 4 heteroatoms. The number of halogens is 1. The molecule has 3 nitrogen and oxygen atoms in total. The predicted octanol–water partition coefficient (Wildman–Crippen LogP) is 2.26. The molecule has 17 heavy (non-hydrogen) atoms. The van der Waals surface area contributed by atoms with E-state index in [1.54, 1.807) is 0 Å². The van der Waals surface area contributed by atoms with Gasteiger partial charge in [-0.3, -0.25) is 14.6 Å². The maximum atomic E-state index is 13.1. The van der Waals surface area contributed by atoms with Crippen molar-refractivity contribution in [1.29, 1.82) is 0 Å². The van der Waals surface area contributed by atoms with Gasteiger partial charge in [-0.25, -0.2) is 4.39 Å². The molecule has 0 atom stereocenters. The normalized spacial score (nSPS) is 9.94. The van der Waals surface area contributed by atoms with Crippen LogP contribution in [-0.4, -0.2) is 17.1 Å². The van der Waals surface area contributed by atoms with E-state index in [1.165, 1.54) is 30.6 Å². The summed E-state index contributed by atoms with van der Waals surface area (Å²) < 4.78 is 13.1. The SMILES string of the molecule is O=Cc1ccc(F)cc1C(=O)c1ccncc1. The van der Waals surface area contributed by atoms with E-state index in [0.29, 0.717) is 11.8 Å². The molecule has 0 fully saturated rings. The zero-order valence-corrected chi connectivity index (χ0v) is 8.76. The lowest BCUT2D eigenvalue weighted by Gasteiger charge is -2.03. The monoisotopic (exact) mass is 229 g/mol. The fraction of sp³-hybridized carbons (Fsp3) is 0. The lowest BCUT2D eigenvalue weighted by Crippen LogP contribution is -2.05. The van der Waals surface area contributed by atoms with Crippen LogP contribution in [0.1, 0.15) is 26.3 Å². The molecule has 0 aliphatic heterocycles. The Morgan fingerprint density at radius 2 is 1.88 bits per heavy atom. The van der Waals surface area contributed by atoms with Gasteiger partial charge in [0.05, 0.1) is 0 Å². The van der Waals surface area contributed by atoms with Crippen LogP contribution in [0.15, 0.2) is 42.7 Å². The molecule has 0 aliphatic rings. The van der Waals surface area contributed by atoms with E-state index in [4.69, 9.17) is 0 Å². The average molecular weight is 229 g/mol. The van der Waals surface area contributed by atoms with Crippen molar-refractivity contribution < 1.29 is 14.0 Å². The van der Waals surface area contributed by atoms with E-state index >= 15 is 0 Å². The van der Waals surface area contributed by atoms with Gasteiger partial charge in [0.2, 0.25) is 0 Å². The first-order valence-corrected chi connectivity index (χ1v) is 4.92. The maximum absolute atomic E-state index is 13.1. The Kier molecular flexibility index (Phi) is 3.05. The van der Waals surface area contributed by atoms with Crippen molar-refractivity contribution in [2.24, 2.45) is 0 Å². The molecule has 0 saturated carbocycles. The van der Waals surface area contributed by atoms with Crippen LogP contribution < -0.4 is 0 Å².